The van der Waals surface area contributed by atoms with Crippen LogP contribution in [0.2, 0.25) is 0 Å². The Kier molecular flexibility index (Phi) is 4.27. The van der Waals surface area contributed by atoms with Gasteiger partial charge in [0.2, 0.25) is 5.88 Å². The van der Waals surface area contributed by atoms with Crippen molar-refractivity contribution in [1.82, 2.24) is 9.97 Å². The lowest BCUT2D eigenvalue weighted by Crippen LogP contribution is -2.18. The number of hydrogen-bond donors (Lipinski definition) is 1. The molecule has 0 unspecified atom stereocenters. The Labute approximate surface area is 116 Å². The SMILES string of the molecule is CNc1cc(OCCC2CCC2)nc(C(C)(C)C)n1. The van der Waals surface area contributed by atoms with Crippen LogP contribution in [0.1, 0.15) is 52.3 Å². The van der Waals surface area contributed by atoms with E-state index in [-0.39, 0.29) is 5.41 Å². The summed E-state index contributed by atoms with van der Waals surface area (Å²) in [6.07, 6.45) is 5.25. The van der Waals surface area contributed by atoms with Crippen molar-refractivity contribution in [3.8, 4) is 5.88 Å². The Morgan fingerprint density at radius 3 is 2.58 bits per heavy atom. The molecule has 19 heavy (non-hydrogen) atoms. The summed E-state index contributed by atoms with van der Waals surface area (Å²) in [5.74, 6) is 3.19. The van der Waals surface area contributed by atoms with Gasteiger partial charge in [-0.3, -0.25) is 0 Å². The number of anilines is 1. The topological polar surface area (TPSA) is 47.0 Å². The van der Waals surface area contributed by atoms with Gasteiger partial charge in [-0.05, 0) is 12.3 Å². The van der Waals surface area contributed by atoms with E-state index >= 15 is 0 Å². The molecule has 0 aromatic carbocycles. The zero-order valence-electron chi connectivity index (χ0n) is 12.5. The van der Waals surface area contributed by atoms with Crippen LogP contribution in [-0.4, -0.2) is 23.6 Å². The Balaban J connectivity index is 2.01. The molecule has 1 N–H and O–H groups in total. The summed E-state index contributed by atoms with van der Waals surface area (Å²) in [5, 5.41) is 3.07. The largest absolute Gasteiger partial charge is 0.478 e. The summed E-state index contributed by atoms with van der Waals surface area (Å²) >= 11 is 0. The molecule has 1 fully saturated rings. The summed E-state index contributed by atoms with van der Waals surface area (Å²) in [7, 11) is 1.87. The van der Waals surface area contributed by atoms with E-state index in [2.05, 4.69) is 36.1 Å². The van der Waals surface area contributed by atoms with Crippen LogP contribution in [0.15, 0.2) is 6.07 Å². The van der Waals surface area contributed by atoms with E-state index in [4.69, 9.17) is 4.74 Å². The van der Waals surface area contributed by atoms with Gasteiger partial charge in [0.1, 0.15) is 11.6 Å². The van der Waals surface area contributed by atoms with Crippen molar-refractivity contribution in [2.45, 2.75) is 51.9 Å². The highest BCUT2D eigenvalue weighted by Crippen LogP contribution is 2.29. The van der Waals surface area contributed by atoms with E-state index in [1.165, 1.54) is 19.3 Å². The van der Waals surface area contributed by atoms with Crippen LogP contribution in [0.4, 0.5) is 5.82 Å². The van der Waals surface area contributed by atoms with Crippen LogP contribution in [-0.2, 0) is 5.41 Å². The maximum Gasteiger partial charge on any atom is 0.218 e. The zero-order valence-corrected chi connectivity index (χ0v) is 12.5. The van der Waals surface area contributed by atoms with Crippen molar-refractivity contribution in [2.75, 3.05) is 19.0 Å². The molecule has 0 aliphatic heterocycles. The third-order valence-electron chi connectivity index (χ3n) is 3.63. The minimum absolute atomic E-state index is 0.0705. The van der Waals surface area contributed by atoms with E-state index in [9.17, 15) is 0 Å². The van der Waals surface area contributed by atoms with Crippen molar-refractivity contribution >= 4 is 5.82 Å². The lowest BCUT2D eigenvalue weighted by Gasteiger charge is -2.25. The molecule has 0 amide bonds. The molecule has 1 aliphatic carbocycles. The van der Waals surface area contributed by atoms with E-state index in [1.54, 1.807) is 0 Å². The normalized spacial score (nSPS) is 16.0. The van der Waals surface area contributed by atoms with Gasteiger partial charge in [-0.1, -0.05) is 40.0 Å². The molecule has 4 nitrogen and oxygen atoms in total. The predicted molar refractivity (Wildman–Crippen MR) is 77.7 cm³/mol. The Hall–Kier alpha value is -1.32. The average molecular weight is 263 g/mol. The highest BCUT2D eigenvalue weighted by molar-refractivity contribution is 5.38. The molecule has 0 radical (unpaired) electrons. The molecular formula is C15H25N3O. The molecule has 1 heterocycles. The minimum atomic E-state index is -0.0705. The first-order valence-corrected chi connectivity index (χ1v) is 7.19. The second kappa shape index (κ2) is 5.76. The smallest absolute Gasteiger partial charge is 0.218 e. The minimum Gasteiger partial charge on any atom is -0.478 e. The van der Waals surface area contributed by atoms with Crippen molar-refractivity contribution < 1.29 is 4.74 Å². The van der Waals surface area contributed by atoms with Crippen molar-refractivity contribution in [1.29, 1.82) is 0 Å². The second-order valence-electron chi connectivity index (χ2n) is 6.35. The summed E-state index contributed by atoms with van der Waals surface area (Å²) in [6.45, 7) is 7.09. The fourth-order valence-corrected chi connectivity index (χ4v) is 2.07. The van der Waals surface area contributed by atoms with Crippen LogP contribution in [0.25, 0.3) is 0 Å². The lowest BCUT2D eigenvalue weighted by molar-refractivity contribution is 0.216. The van der Waals surface area contributed by atoms with Gasteiger partial charge in [-0.25, -0.2) is 4.98 Å². The monoisotopic (exact) mass is 263 g/mol. The number of rotatable bonds is 5. The molecule has 0 spiro atoms. The van der Waals surface area contributed by atoms with Crippen molar-refractivity contribution in [3.63, 3.8) is 0 Å². The van der Waals surface area contributed by atoms with Gasteiger partial charge in [0.15, 0.2) is 0 Å². The highest BCUT2D eigenvalue weighted by atomic mass is 16.5. The van der Waals surface area contributed by atoms with Crippen molar-refractivity contribution in [3.05, 3.63) is 11.9 Å². The average Bonchev–Trinajstić information content (AvgIpc) is 2.31. The van der Waals surface area contributed by atoms with E-state index in [0.29, 0.717) is 5.88 Å². The van der Waals surface area contributed by atoms with Gasteiger partial charge >= 0.3 is 0 Å². The first kappa shape index (κ1) is 14.1. The number of hydrogen-bond acceptors (Lipinski definition) is 4. The number of nitrogens with zero attached hydrogens (tertiary/aromatic N) is 2. The molecule has 0 saturated heterocycles. The standard InChI is InChI=1S/C15H25N3O/c1-15(2,3)14-17-12(16-4)10-13(18-14)19-9-8-11-6-5-7-11/h10-11H,5-9H2,1-4H3,(H,16,17,18). The first-order valence-electron chi connectivity index (χ1n) is 7.19. The van der Waals surface area contributed by atoms with Crippen molar-refractivity contribution in [2.24, 2.45) is 5.92 Å². The molecule has 2 rings (SSSR count). The molecule has 0 bridgehead atoms. The van der Waals surface area contributed by atoms with Gasteiger partial charge in [0.05, 0.1) is 6.61 Å². The zero-order chi connectivity index (χ0) is 13.9. The number of aromatic nitrogens is 2. The summed E-state index contributed by atoms with van der Waals surface area (Å²) in [6, 6.07) is 1.87. The Bertz CT molecular complexity index is 422. The third-order valence-corrected chi connectivity index (χ3v) is 3.63. The lowest BCUT2D eigenvalue weighted by atomic mass is 9.83. The number of nitrogens with one attached hydrogen (secondary N) is 1. The van der Waals surface area contributed by atoms with E-state index < -0.39 is 0 Å². The van der Waals surface area contributed by atoms with Crippen LogP contribution >= 0.6 is 0 Å². The summed E-state index contributed by atoms with van der Waals surface area (Å²) < 4.78 is 5.80. The molecule has 0 atom stereocenters. The maximum atomic E-state index is 5.80. The second-order valence-corrected chi connectivity index (χ2v) is 6.35. The first-order chi connectivity index (χ1) is 8.99. The van der Waals surface area contributed by atoms with E-state index in [1.807, 2.05) is 13.1 Å². The highest BCUT2D eigenvalue weighted by Gasteiger charge is 2.20. The van der Waals surface area contributed by atoms with Crippen LogP contribution < -0.4 is 10.1 Å². The molecule has 1 aromatic heterocycles. The fourth-order valence-electron chi connectivity index (χ4n) is 2.07. The van der Waals surface area contributed by atoms with Crippen LogP contribution in [0.3, 0.4) is 0 Å². The van der Waals surface area contributed by atoms with Gasteiger partial charge in [0.25, 0.3) is 0 Å². The van der Waals surface area contributed by atoms with Crippen LogP contribution in [0.5, 0.6) is 5.88 Å². The maximum absolute atomic E-state index is 5.80. The van der Waals surface area contributed by atoms with Gasteiger partial charge in [0, 0.05) is 18.5 Å². The molecule has 106 valence electrons. The Morgan fingerprint density at radius 2 is 2.05 bits per heavy atom. The van der Waals surface area contributed by atoms with Gasteiger partial charge in [-0.15, -0.1) is 0 Å². The van der Waals surface area contributed by atoms with Gasteiger partial charge < -0.3 is 10.1 Å². The summed E-state index contributed by atoms with van der Waals surface area (Å²) in [5.41, 5.74) is -0.0705. The fraction of sp³-hybridized carbons (Fsp3) is 0.733. The van der Waals surface area contributed by atoms with Gasteiger partial charge in [-0.2, -0.15) is 4.98 Å². The number of ether oxygens (including phenoxy) is 1. The molecular weight excluding hydrogens is 238 g/mol. The molecule has 4 heteroatoms. The molecule has 1 aromatic rings. The quantitative estimate of drug-likeness (QED) is 0.884. The Morgan fingerprint density at radius 1 is 1.32 bits per heavy atom. The van der Waals surface area contributed by atoms with E-state index in [0.717, 1.165) is 30.6 Å². The third kappa shape index (κ3) is 3.82. The molecule has 1 saturated carbocycles. The predicted octanol–water partition coefficient (Wildman–Crippen LogP) is 3.38. The summed E-state index contributed by atoms with van der Waals surface area (Å²) in [4.78, 5) is 9.01. The van der Waals surface area contributed by atoms with Crippen LogP contribution in [0, 0.1) is 5.92 Å². The molecule has 1 aliphatic rings.